The maximum Gasteiger partial charge on any atom is 0.166 e. The second kappa shape index (κ2) is 5.96. The summed E-state index contributed by atoms with van der Waals surface area (Å²) >= 11 is 0. The first-order valence-corrected chi connectivity index (χ1v) is 7.56. The zero-order valence-electron chi connectivity index (χ0n) is 13.9. The lowest BCUT2D eigenvalue weighted by Gasteiger charge is -2.21. The van der Waals surface area contributed by atoms with Gasteiger partial charge < -0.3 is 0 Å². The smallest absolute Gasteiger partial charge is 0.166 e. The Hall–Kier alpha value is -2.47. The SMILES string of the molecule is CN(OCc1ccccc1)c1ncnc2c1cnn2C(C)(C)C. The third-order valence-corrected chi connectivity index (χ3v) is 3.55. The van der Waals surface area contributed by atoms with Gasteiger partial charge in [-0.2, -0.15) is 5.10 Å². The first kappa shape index (κ1) is 15.4. The molecule has 1 aromatic carbocycles. The summed E-state index contributed by atoms with van der Waals surface area (Å²) in [6.45, 7) is 6.76. The van der Waals surface area contributed by atoms with Crippen molar-refractivity contribution in [2.45, 2.75) is 32.9 Å². The van der Waals surface area contributed by atoms with Crippen LogP contribution in [0.4, 0.5) is 5.82 Å². The van der Waals surface area contributed by atoms with Gasteiger partial charge in [0.2, 0.25) is 0 Å². The van der Waals surface area contributed by atoms with Crippen LogP contribution in [0, 0.1) is 0 Å². The van der Waals surface area contributed by atoms with E-state index >= 15 is 0 Å². The van der Waals surface area contributed by atoms with E-state index in [0.717, 1.165) is 16.6 Å². The molecule has 6 nitrogen and oxygen atoms in total. The van der Waals surface area contributed by atoms with Crippen LogP contribution >= 0.6 is 0 Å². The molecule has 0 aliphatic rings. The molecule has 23 heavy (non-hydrogen) atoms. The predicted molar refractivity (Wildman–Crippen MR) is 90.0 cm³/mol. The van der Waals surface area contributed by atoms with Crippen LogP contribution in [0.1, 0.15) is 26.3 Å². The summed E-state index contributed by atoms with van der Waals surface area (Å²) in [5.74, 6) is 0.710. The minimum atomic E-state index is -0.142. The fourth-order valence-electron chi connectivity index (χ4n) is 2.38. The molecule has 0 unspecified atom stereocenters. The first-order chi connectivity index (χ1) is 11.0. The van der Waals surface area contributed by atoms with Crippen molar-refractivity contribution < 1.29 is 4.84 Å². The fourth-order valence-corrected chi connectivity index (χ4v) is 2.38. The van der Waals surface area contributed by atoms with Crippen LogP contribution in [0.2, 0.25) is 0 Å². The molecule has 2 aromatic heterocycles. The summed E-state index contributed by atoms with van der Waals surface area (Å²) in [5, 5.41) is 7.01. The summed E-state index contributed by atoms with van der Waals surface area (Å²) in [5.41, 5.74) is 1.77. The highest BCUT2D eigenvalue weighted by atomic mass is 16.7. The summed E-state index contributed by atoms with van der Waals surface area (Å²) in [4.78, 5) is 14.6. The number of anilines is 1. The Labute approximate surface area is 135 Å². The Bertz CT molecular complexity index is 792. The molecular formula is C17H21N5O. The third kappa shape index (κ3) is 3.17. The summed E-state index contributed by atoms with van der Waals surface area (Å²) in [6, 6.07) is 10.0. The van der Waals surface area contributed by atoms with Gasteiger partial charge in [-0.05, 0) is 26.3 Å². The molecule has 0 bridgehead atoms. The third-order valence-electron chi connectivity index (χ3n) is 3.55. The number of aromatic nitrogens is 4. The van der Waals surface area contributed by atoms with Gasteiger partial charge in [-0.3, -0.25) is 4.84 Å². The van der Waals surface area contributed by atoms with Crippen LogP contribution in [0.3, 0.4) is 0 Å². The number of hydrogen-bond acceptors (Lipinski definition) is 5. The zero-order chi connectivity index (χ0) is 16.4. The van der Waals surface area contributed by atoms with Crippen LogP contribution in [-0.4, -0.2) is 26.8 Å². The van der Waals surface area contributed by atoms with Crippen molar-refractivity contribution in [3.8, 4) is 0 Å². The van der Waals surface area contributed by atoms with Gasteiger partial charge in [0.15, 0.2) is 11.5 Å². The predicted octanol–water partition coefficient (Wildman–Crippen LogP) is 3.15. The molecule has 3 rings (SSSR count). The highest BCUT2D eigenvalue weighted by molar-refractivity contribution is 5.86. The van der Waals surface area contributed by atoms with E-state index in [1.54, 1.807) is 17.6 Å². The van der Waals surface area contributed by atoms with Crippen LogP contribution in [0.15, 0.2) is 42.9 Å². The normalized spacial score (nSPS) is 11.8. The summed E-state index contributed by atoms with van der Waals surface area (Å²) < 4.78 is 1.90. The number of fused-ring (bicyclic) bond motifs is 1. The minimum Gasteiger partial charge on any atom is -0.267 e. The standard InChI is InChI=1S/C17H21N5O/c1-17(2,3)22-16-14(10-20-22)15(18-12-19-16)21(4)23-11-13-8-6-5-7-9-13/h5-10,12H,11H2,1-4H3. The first-order valence-electron chi connectivity index (χ1n) is 7.56. The molecule has 0 N–H and O–H groups in total. The summed E-state index contributed by atoms with van der Waals surface area (Å²) in [7, 11) is 1.85. The average Bonchev–Trinajstić information content (AvgIpc) is 2.97. The molecular weight excluding hydrogens is 290 g/mol. The maximum absolute atomic E-state index is 5.82. The molecule has 3 aromatic rings. The molecule has 0 atom stereocenters. The Morgan fingerprint density at radius 3 is 2.57 bits per heavy atom. The van der Waals surface area contributed by atoms with Crippen molar-refractivity contribution in [1.82, 2.24) is 19.7 Å². The van der Waals surface area contributed by atoms with E-state index in [2.05, 4.69) is 35.8 Å². The zero-order valence-corrected chi connectivity index (χ0v) is 13.9. The lowest BCUT2D eigenvalue weighted by molar-refractivity contribution is 0.107. The fraction of sp³-hybridized carbons (Fsp3) is 0.353. The molecule has 0 aliphatic heterocycles. The molecule has 2 heterocycles. The molecule has 0 aliphatic carbocycles. The molecule has 0 saturated heterocycles. The number of hydrogen-bond donors (Lipinski definition) is 0. The van der Waals surface area contributed by atoms with E-state index < -0.39 is 0 Å². The van der Waals surface area contributed by atoms with Crippen molar-refractivity contribution in [1.29, 1.82) is 0 Å². The van der Waals surface area contributed by atoms with Gasteiger partial charge in [0.05, 0.1) is 23.7 Å². The van der Waals surface area contributed by atoms with Gasteiger partial charge in [-0.15, -0.1) is 0 Å². The van der Waals surface area contributed by atoms with Crippen molar-refractivity contribution in [2.24, 2.45) is 0 Å². The topological polar surface area (TPSA) is 56.1 Å². The highest BCUT2D eigenvalue weighted by Crippen LogP contribution is 2.26. The minimum absolute atomic E-state index is 0.142. The Morgan fingerprint density at radius 2 is 1.87 bits per heavy atom. The Balaban J connectivity index is 1.86. The van der Waals surface area contributed by atoms with Gasteiger partial charge in [0.1, 0.15) is 6.33 Å². The molecule has 0 amide bonds. The monoisotopic (exact) mass is 311 g/mol. The lowest BCUT2D eigenvalue weighted by atomic mass is 10.1. The molecule has 0 spiro atoms. The molecule has 0 saturated carbocycles. The highest BCUT2D eigenvalue weighted by Gasteiger charge is 2.20. The van der Waals surface area contributed by atoms with Gasteiger partial charge >= 0.3 is 0 Å². The molecule has 0 fully saturated rings. The van der Waals surface area contributed by atoms with Gasteiger partial charge in [-0.1, -0.05) is 30.3 Å². The van der Waals surface area contributed by atoms with E-state index in [1.165, 1.54) is 0 Å². The Kier molecular flexibility index (Phi) is 4.00. The molecule has 120 valence electrons. The number of hydroxylamine groups is 1. The number of nitrogens with zero attached hydrogens (tertiary/aromatic N) is 5. The number of rotatable bonds is 4. The van der Waals surface area contributed by atoms with E-state index in [9.17, 15) is 0 Å². The van der Waals surface area contributed by atoms with E-state index in [-0.39, 0.29) is 5.54 Å². The van der Waals surface area contributed by atoms with Crippen molar-refractivity contribution in [3.05, 3.63) is 48.4 Å². The van der Waals surface area contributed by atoms with Crippen molar-refractivity contribution >= 4 is 16.9 Å². The van der Waals surface area contributed by atoms with Crippen LogP contribution < -0.4 is 5.06 Å². The maximum atomic E-state index is 5.82. The van der Waals surface area contributed by atoms with Crippen molar-refractivity contribution in [2.75, 3.05) is 12.1 Å². The molecule has 6 heteroatoms. The Morgan fingerprint density at radius 1 is 1.13 bits per heavy atom. The van der Waals surface area contributed by atoms with E-state index in [0.29, 0.717) is 12.4 Å². The summed E-state index contributed by atoms with van der Waals surface area (Å²) in [6.07, 6.45) is 3.34. The second-order valence-electron chi connectivity index (χ2n) is 6.42. The van der Waals surface area contributed by atoms with E-state index in [1.807, 2.05) is 42.1 Å². The largest absolute Gasteiger partial charge is 0.267 e. The van der Waals surface area contributed by atoms with Gasteiger partial charge in [0, 0.05) is 7.05 Å². The number of benzene rings is 1. The lowest BCUT2D eigenvalue weighted by Crippen LogP contribution is -2.23. The van der Waals surface area contributed by atoms with Crippen LogP contribution in [0.5, 0.6) is 0 Å². The van der Waals surface area contributed by atoms with Crippen LogP contribution in [-0.2, 0) is 17.0 Å². The molecule has 0 radical (unpaired) electrons. The van der Waals surface area contributed by atoms with Gasteiger partial charge in [-0.25, -0.2) is 19.7 Å². The quantitative estimate of drug-likeness (QED) is 0.693. The van der Waals surface area contributed by atoms with Gasteiger partial charge in [0.25, 0.3) is 0 Å². The second-order valence-corrected chi connectivity index (χ2v) is 6.42. The average molecular weight is 311 g/mol. The van der Waals surface area contributed by atoms with E-state index in [4.69, 9.17) is 4.84 Å². The van der Waals surface area contributed by atoms with Crippen molar-refractivity contribution in [3.63, 3.8) is 0 Å². The van der Waals surface area contributed by atoms with Crippen LogP contribution in [0.25, 0.3) is 11.0 Å².